The van der Waals surface area contributed by atoms with Crippen LogP contribution in [0.2, 0.25) is 0 Å². The lowest BCUT2D eigenvalue weighted by Gasteiger charge is -2.35. The summed E-state index contributed by atoms with van der Waals surface area (Å²) < 4.78 is 10.7. The molecule has 1 aromatic rings. The number of amides is 4. The van der Waals surface area contributed by atoms with Gasteiger partial charge in [0.15, 0.2) is 0 Å². The smallest absolute Gasteiger partial charge is 0.411 e. The quantitative estimate of drug-likeness (QED) is 0.162. The van der Waals surface area contributed by atoms with Gasteiger partial charge in [-0.1, -0.05) is 57.0 Å². The Balaban J connectivity index is 1.85. The number of ether oxygens (including phenoxy) is 2. The number of fused-ring (bicyclic) bond motifs is 1. The highest BCUT2D eigenvalue weighted by Gasteiger charge is 2.49. The summed E-state index contributed by atoms with van der Waals surface area (Å²) in [5, 5.41) is 8.57. The van der Waals surface area contributed by atoms with Gasteiger partial charge in [-0.2, -0.15) is 0 Å². The molecule has 268 valence electrons. The summed E-state index contributed by atoms with van der Waals surface area (Å²) >= 11 is 0. The van der Waals surface area contributed by atoms with Gasteiger partial charge in [0.05, 0.1) is 7.11 Å². The molecule has 2 aliphatic rings. The van der Waals surface area contributed by atoms with E-state index in [1.807, 2.05) is 44.2 Å². The van der Waals surface area contributed by atoms with Gasteiger partial charge in [-0.05, 0) is 89.7 Å². The molecule has 6 atom stereocenters. The molecule has 5 N–H and O–H groups in total. The van der Waals surface area contributed by atoms with Crippen LogP contribution in [0.5, 0.6) is 0 Å². The number of benzene rings is 1. The van der Waals surface area contributed by atoms with Crippen molar-refractivity contribution in [1.82, 2.24) is 20.9 Å². The summed E-state index contributed by atoms with van der Waals surface area (Å²) in [6.45, 7) is 9.68. The van der Waals surface area contributed by atoms with E-state index in [1.54, 1.807) is 25.7 Å². The van der Waals surface area contributed by atoms with Crippen LogP contribution >= 0.6 is 0 Å². The predicted octanol–water partition coefficient (Wildman–Crippen LogP) is 3.60. The summed E-state index contributed by atoms with van der Waals surface area (Å²) in [6, 6.07) is 5.46. The summed E-state index contributed by atoms with van der Waals surface area (Å²) in [7, 11) is 1.27. The Labute approximate surface area is 285 Å². The first-order valence-electron chi connectivity index (χ1n) is 17.5. The molecule has 48 heavy (non-hydrogen) atoms. The third-order valence-electron chi connectivity index (χ3n) is 9.00. The normalized spacial score (nSPS) is 21.0. The Bertz CT molecular complexity index is 1230. The van der Waals surface area contributed by atoms with Crippen molar-refractivity contribution in [2.24, 2.45) is 17.6 Å². The molecular weight excluding hydrogens is 614 g/mol. The van der Waals surface area contributed by atoms with Crippen molar-refractivity contribution < 1.29 is 33.4 Å². The SMILES string of the molecule is COC(=O)[C@H](CC(C)C)NC(=O)[C@H](Cc1ccccc1)NC(=O)[C@H](CCCCN)NC(=O)[C@@H]1C[C@@H]2CCCC[C@@H]2N1C(=O)OC(C)(C)C. The highest BCUT2D eigenvalue weighted by atomic mass is 16.6. The van der Waals surface area contributed by atoms with Gasteiger partial charge in [0.2, 0.25) is 17.7 Å². The van der Waals surface area contributed by atoms with Crippen molar-refractivity contribution in [2.75, 3.05) is 13.7 Å². The molecule has 1 aliphatic carbocycles. The van der Waals surface area contributed by atoms with Crippen molar-refractivity contribution in [2.45, 2.75) is 135 Å². The molecule has 4 amide bonds. The minimum atomic E-state index is -1.04. The fraction of sp³-hybridized carbons (Fsp3) is 0.694. The second-order valence-corrected chi connectivity index (χ2v) is 14.6. The fourth-order valence-electron chi connectivity index (χ4n) is 6.73. The molecule has 1 saturated heterocycles. The average molecular weight is 672 g/mol. The van der Waals surface area contributed by atoms with Crippen molar-refractivity contribution >= 4 is 29.8 Å². The fourth-order valence-corrected chi connectivity index (χ4v) is 6.73. The second-order valence-electron chi connectivity index (χ2n) is 14.6. The third kappa shape index (κ3) is 11.5. The van der Waals surface area contributed by atoms with Gasteiger partial charge < -0.3 is 31.2 Å². The summed E-state index contributed by atoms with van der Waals surface area (Å²) in [5.41, 5.74) is 5.82. The Morgan fingerprint density at radius 2 is 1.56 bits per heavy atom. The maximum absolute atomic E-state index is 14.0. The van der Waals surface area contributed by atoms with E-state index in [0.29, 0.717) is 38.6 Å². The van der Waals surface area contributed by atoms with E-state index in [0.717, 1.165) is 31.2 Å². The molecule has 0 bridgehead atoms. The lowest BCUT2D eigenvalue weighted by molar-refractivity contribution is -0.146. The highest BCUT2D eigenvalue weighted by Crippen LogP contribution is 2.40. The Morgan fingerprint density at radius 1 is 0.917 bits per heavy atom. The number of unbranched alkanes of at least 4 members (excludes halogenated alkanes) is 1. The minimum absolute atomic E-state index is 0.0957. The molecule has 1 heterocycles. The van der Waals surface area contributed by atoms with Crippen LogP contribution in [0, 0.1) is 11.8 Å². The standard InChI is InChI=1S/C36H57N5O7/c1-23(2)20-28(34(45)47-6)40-32(43)27(21-24-14-8-7-9-15-24)39-31(42)26(17-12-13-19-37)38-33(44)30-22-25-16-10-11-18-29(25)41(30)35(46)48-36(3,4)5/h7-9,14-15,23,25-30H,10-13,16-22,37H2,1-6H3,(H,38,44)(H,39,42)(H,40,43)/t25-,26-,27-,28-,29-,30-/m0/s1. The first kappa shape index (κ1) is 38.8. The number of likely N-dealkylation sites (tertiary alicyclic amines) is 1. The van der Waals surface area contributed by atoms with Gasteiger partial charge in [-0.15, -0.1) is 0 Å². The predicted molar refractivity (Wildman–Crippen MR) is 183 cm³/mol. The van der Waals surface area contributed by atoms with Crippen molar-refractivity contribution in [3.05, 3.63) is 35.9 Å². The summed E-state index contributed by atoms with van der Waals surface area (Å²) in [5.74, 6) is -1.78. The number of hydrogen-bond donors (Lipinski definition) is 4. The van der Waals surface area contributed by atoms with E-state index in [2.05, 4.69) is 16.0 Å². The second kappa shape index (κ2) is 18.2. The molecule has 12 nitrogen and oxygen atoms in total. The molecular formula is C36H57N5O7. The van der Waals surface area contributed by atoms with E-state index in [1.165, 1.54) is 7.11 Å². The van der Waals surface area contributed by atoms with Gasteiger partial charge in [-0.3, -0.25) is 19.3 Å². The number of esters is 1. The molecule has 1 saturated carbocycles. The number of nitrogens with one attached hydrogen (secondary N) is 3. The third-order valence-corrected chi connectivity index (χ3v) is 9.00. The van der Waals surface area contributed by atoms with Crippen LogP contribution in [-0.4, -0.2) is 84.1 Å². The van der Waals surface area contributed by atoms with Crippen molar-refractivity contribution in [3.8, 4) is 0 Å². The number of carbonyl (C=O) groups is 5. The number of nitrogens with zero attached hydrogens (tertiary/aromatic N) is 1. The van der Waals surface area contributed by atoms with Crippen LogP contribution in [0.1, 0.15) is 98.0 Å². The van der Waals surface area contributed by atoms with E-state index in [4.69, 9.17) is 15.2 Å². The van der Waals surface area contributed by atoms with Crippen molar-refractivity contribution in [1.29, 1.82) is 0 Å². The number of methoxy groups -OCH3 is 1. The van der Waals surface area contributed by atoms with Gasteiger partial charge in [0.25, 0.3) is 0 Å². The molecule has 0 aromatic heterocycles. The Kier molecular flexibility index (Phi) is 14.7. The maximum atomic E-state index is 14.0. The zero-order chi connectivity index (χ0) is 35.4. The molecule has 0 spiro atoms. The maximum Gasteiger partial charge on any atom is 0.411 e. The lowest BCUT2D eigenvalue weighted by Crippen LogP contribution is -2.58. The number of hydrogen-bond acceptors (Lipinski definition) is 8. The average Bonchev–Trinajstić information content (AvgIpc) is 3.43. The monoisotopic (exact) mass is 671 g/mol. The van der Waals surface area contributed by atoms with Gasteiger partial charge in [0, 0.05) is 12.5 Å². The van der Waals surface area contributed by atoms with E-state index in [-0.39, 0.29) is 24.3 Å². The molecule has 2 fully saturated rings. The van der Waals surface area contributed by atoms with E-state index < -0.39 is 59.6 Å². The Morgan fingerprint density at radius 3 is 2.19 bits per heavy atom. The number of rotatable bonds is 15. The van der Waals surface area contributed by atoms with Crippen LogP contribution in [-0.2, 0) is 35.1 Å². The summed E-state index contributed by atoms with van der Waals surface area (Å²) in [4.78, 5) is 69.2. The van der Waals surface area contributed by atoms with Crippen LogP contribution in [0.4, 0.5) is 4.79 Å². The molecule has 12 heteroatoms. The van der Waals surface area contributed by atoms with Gasteiger partial charge in [0.1, 0.15) is 29.8 Å². The number of carbonyl (C=O) groups excluding carboxylic acids is 5. The van der Waals surface area contributed by atoms with Gasteiger partial charge >= 0.3 is 12.1 Å². The Hall–Kier alpha value is -3.67. The topological polar surface area (TPSA) is 169 Å². The first-order valence-corrected chi connectivity index (χ1v) is 17.5. The molecule has 1 aliphatic heterocycles. The van der Waals surface area contributed by atoms with Crippen LogP contribution in [0.3, 0.4) is 0 Å². The molecule has 0 radical (unpaired) electrons. The zero-order valence-corrected chi connectivity index (χ0v) is 29.6. The lowest BCUT2D eigenvalue weighted by atomic mass is 9.85. The van der Waals surface area contributed by atoms with Crippen LogP contribution in [0.25, 0.3) is 0 Å². The summed E-state index contributed by atoms with van der Waals surface area (Å²) in [6.07, 6.45) is 5.73. The van der Waals surface area contributed by atoms with E-state index >= 15 is 0 Å². The van der Waals surface area contributed by atoms with Crippen LogP contribution < -0.4 is 21.7 Å². The molecule has 1 aromatic carbocycles. The van der Waals surface area contributed by atoms with Crippen LogP contribution in [0.15, 0.2) is 30.3 Å². The molecule has 0 unspecified atom stereocenters. The zero-order valence-electron chi connectivity index (χ0n) is 29.6. The first-order chi connectivity index (χ1) is 22.7. The van der Waals surface area contributed by atoms with Gasteiger partial charge in [-0.25, -0.2) is 9.59 Å². The highest BCUT2D eigenvalue weighted by molar-refractivity contribution is 5.95. The van der Waals surface area contributed by atoms with Crippen molar-refractivity contribution in [3.63, 3.8) is 0 Å². The largest absolute Gasteiger partial charge is 0.467 e. The minimum Gasteiger partial charge on any atom is -0.467 e. The number of nitrogens with two attached hydrogens (primary N) is 1. The molecule has 3 rings (SSSR count). The van der Waals surface area contributed by atoms with E-state index in [9.17, 15) is 24.0 Å².